The molecule has 23 heavy (non-hydrogen) atoms. The number of amides is 1. The third kappa shape index (κ3) is 3.15. The number of aryl methyl sites for hydroxylation is 2. The van der Waals surface area contributed by atoms with Crippen molar-refractivity contribution >= 4 is 11.6 Å². The Balaban J connectivity index is 1.88. The molecule has 0 aliphatic carbocycles. The number of ether oxygens (including phenoxy) is 1. The second kappa shape index (κ2) is 6.54. The molecule has 0 atom stereocenters. The Morgan fingerprint density at radius 2 is 2.00 bits per heavy atom. The molecule has 5 heteroatoms. The first-order chi connectivity index (χ1) is 11.1. The zero-order chi connectivity index (χ0) is 16.3. The Labute approximate surface area is 136 Å². The van der Waals surface area contributed by atoms with Crippen LogP contribution >= 0.6 is 0 Å². The molecule has 3 rings (SSSR count). The molecular weight excluding hydrogens is 290 g/mol. The van der Waals surface area contributed by atoms with Gasteiger partial charge < -0.3 is 10.1 Å². The first-order valence-electron chi connectivity index (χ1n) is 8.13. The molecule has 0 bridgehead atoms. The Morgan fingerprint density at radius 3 is 2.61 bits per heavy atom. The number of carbonyl (C=O) groups excluding carboxylic acids is 1. The Kier molecular flexibility index (Phi) is 4.48. The topological polar surface area (TPSA) is 56.2 Å². The molecule has 0 unspecified atom stereocenters. The number of hydrogen-bond acceptors (Lipinski definition) is 3. The van der Waals surface area contributed by atoms with E-state index < -0.39 is 5.41 Å². The van der Waals surface area contributed by atoms with Crippen molar-refractivity contribution in [3.8, 4) is 0 Å². The number of nitrogens with zero attached hydrogens (tertiary/aromatic N) is 2. The number of rotatable bonds is 4. The van der Waals surface area contributed by atoms with Gasteiger partial charge in [0.1, 0.15) is 0 Å². The maximum atomic E-state index is 13.1. The van der Waals surface area contributed by atoms with Crippen molar-refractivity contribution in [1.29, 1.82) is 0 Å². The number of benzene rings is 1. The maximum absolute atomic E-state index is 13.1. The number of anilines is 1. The highest BCUT2D eigenvalue weighted by molar-refractivity contribution is 5.99. The van der Waals surface area contributed by atoms with Crippen LogP contribution in [-0.2, 0) is 21.5 Å². The van der Waals surface area contributed by atoms with Crippen LogP contribution in [0.4, 0.5) is 5.69 Å². The molecule has 1 N–H and O–H groups in total. The zero-order valence-corrected chi connectivity index (χ0v) is 13.7. The molecule has 2 aromatic rings. The predicted octanol–water partition coefficient (Wildman–Crippen LogP) is 2.90. The molecule has 5 nitrogen and oxygen atoms in total. The second-order valence-electron chi connectivity index (χ2n) is 6.10. The molecule has 0 saturated carbocycles. The SMILES string of the molecule is CCn1cc(NC(=O)C2(c3ccc(C)cc3)CCOCC2)cn1. The predicted molar refractivity (Wildman–Crippen MR) is 89.4 cm³/mol. The standard InChI is InChI=1S/C18H23N3O2/c1-3-21-13-16(12-19-21)20-17(22)18(8-10-23-11-9-18)15-6-4-14(2)5-7-15/h4-7,12-13H,3,8-11H2,1-2H3,(H,20,22). The van der Waals surface area contributed by atoms with Gasteiger partial charge in [-0.25, -0.2) is 0 Å². The van der Waals surface area contributed by atoms with E-state index in [1.54, 1.807) is 10.9 Å². The molecule has 1 aliphatic heterocycles. The lowest BCUT2D eigenvalue weighted by Gasteiger charge is -2.36. The van der Waals surface area contributed by atoms with Crippen LogP contribution in [0.5, 0.6) is 0 Å². The summed E-state index contributed by atoms with van der Waals surface area (Å²) in [5.41, 5.74) is 2.47. The number of hydrogen-bond donors (Lipinski definition) is 1. The summed E-state index contributed by atoms with van der Waals surface area (Å²) in [4.78, 5) is 13.1. The van der Waals surface area contributed by atoms with Gasteiger partial charge in [0.2, 0.25) is 5.91 Å². The van der Waals surface area contributed by atoms with Crippen molar-refractivity contribution in [1.82, 2.24) is 9.78 Å². The van der Waals surface area contributed by atoms with Crippen LogP contribution in [0, 0.1) is 6.92 Å². The molecule has 1 amide bonds. The molecular formula is C18H23N3O2. The van der Waals surface area contributed by atoms with E-state index in [1.165, 1.54) is 5.56 Å². The van der Waals surface area contributed by atoms with Crippen LogP contribution in [0.25, 0.3) is 0 Å². The van der Waals surface area contributed by atoms with Gasteiger partial charge in [-0.15, -0.1) is 0 Å². The van der Waals surface area contributed by atoms with Crippen molar-refractivity contribution in [2.45, 2.75) is 38.6 Å². The Morgan fingerprint density at radius 1 is 1.30 bits per heavy atom. The highest BCUT2D eigenvalue weighted by Gasteiger charge is 2.41. The van der Waals surface area contributed by atoms with E-state index in [0.717, 1.165) is 17.8 Å². The molecule has 1 aromatic carbocycles. The number of nitrogens with one attached hydrogen (secondary N) is 1. The molecule has 0 radical (unpaired) electrons. The highest BCUT2D eigenvalue weighted by Crippen LogP contribution is 2.36. The van der Waals surface area contributed by atoms with E-state index in [1.807, 2.05) is 13.1 Å². The summed E-state index contributed by atoms with van der Waals surface area (Å²) >= 11 is 0. The fourth-order valence-electron chi connectivity index (χ4n) is 3.09. The summed E-state index contributed by atoms with van der Waals surface area (Å²) < 4.78 is 7.30. The summed E-state index contributed by atoms with van der Waals surface area (Å²) in [6, 6.07) is 8.26. The minimum absolute atomic E-state index is 0.0281. The van der Waals surface area contributed by atoms with Gasteiger partial charge in [0.15, 0.2) is 0 Å². The summed E-state index contributed by atoms with van der Waals surface area (Å²) in [7, 11) is 0. The highest BCUT2D eigenvalue weighted by atomic mass is 16.5. The third-order valence-corrected chi connectivity index (χ3v) is 4.60. The van der Waals surface area contributed by atoms with Crippen molar-refractivity contribution < 1.29 is 9.53 Å². The first kappa shape index (κ1) is 15.7. The summed E-state index contributed by atoms with van der Waals surface area (Å²) in [5, 5.41) is 7.26. The van der Waals surface area contributed by atoms with Crippen molar-refractivity contribution in [3.05, 3.63) is 47.8 Å². The zero-order valence-electron chi connectivity index (χ0n) is 13.7. The van der Waals surface area contributed by atoms with Crippen LogP contribution in [0.3, 0.4) is 0 Å². The summed E-state index contributed by atoms with van der Waals surface area (Å²) in [6.45, 7) is 6.07. The van der Waals surface area contributed by atoms with Crippen LogP contribution in [-0.4, -0.2) is 28.9 Å². The van der Waals surface area contributed by atoms with Gasteiger partial charge in [-0.3, -0.25) is 9.48 Å². The van der Waals surface area contributed by atoms with Gasteiger partial charge in [-0.1, -0.05) is 29.8 Å². The van der Waals surface area contributed by atoms with Gasteiger partial charge in [0, 0.05) is 26.0 Å². The van der Waals surface area contributed by atoms with E-state index in [0.29, 0.717) is 26.1 Å². The first-order valence-corrected chi connectivity index (χ1v) is 8.13. The number of carbonyl (C=O) groups is 1. The molecule has 1 saturated heterocycles. The quantitative estimate of drug-likeness (QED) is 0.944. The van der Waals surface area contributed by atoms with E-state index in [2.05, 4.69) is 41.6 Å². The van der Waals surface area contributed by atoms with Crippen molar-refractivity contribution in [2.24, 2.45) is 0 Å². The average molecular weight is 313 g/mol. The van der Waals surface area contributed by atoms with Gasteiger partial charge in [0.25, 0.3) is 0 Å². The lowest BCUT2D eigenvalue weighted by Crippen LogP contribution is -2.44. The van der Waals surface area contributed by atoms with E-state index >= 15 is 0 Å². The van der Waals surface area contributed by atoms with Crippen LogP contribution < -0.4 is 5.32 Å². The lowest BCUT2D eigenvalue weighted by atomic mass is 9.73. The summed E-state index contributed by atoms with van der Waals surface area (Å²) in [5.74, 6) is 0.0281. The fourth-order valence-corrected chi connectivity index (χ4v) is 3.09. The molecule has 122 valence electrons. The van der Waals surface area contributed by atoms with E-state index in [9.17, 15) is 4.79 Å². The summed E-state index contributed by atoms with van der Waals surface area (Å²) in [6.07, 6.45) is 4.96. The largest absolute Gasteiger partial charge is 0.381 e. The number of aromatic nitrogens is 2. The molecule has 1 fully saturated rings. The second-order valence-corrected chi connectivity index (χ2v) is 6.10. The van der Waals surface area contributed by atoms with Gasteiger partial charge in [-0.2, -0.15) is 5.10 Å². The van der Waals surface area contributed by atoms with Crippen LogP contribution in [0.2, 0.25) is 0 Å². The minimum atomic E-state index is -0.528. The Hall–Kier alpha value is -2.14. The van der Waals surface area contributed by atoms with Crippen LogP contribution in [0.1, 0.15) is 30.9 Å². The lowest BCUT2D eigenvalue weighted by molar-refractivity contribution is -0.125. The molecule has 1 aliphatic rings. The third-order valence-electron chi connectivity index (χ3n) is 4.60. The Bertz CT molecular complexity index is 670. The molecule has 2 heterocycles. The van der Waals surface area contributed by atoms with E-state index in [-0.39, 0.29) is 5.91 Å². The fraction of sp³-hybridized carbons (Fsp3) is 0.444. The monoisotopic (exact) mass is 313 g/mol. The molecule has 0 spiro atoms. The minimum Gasteiger partial charge on any atom is -0.381 e. The molecule has 1 aromatic heterocycles. The van der Waals surface area contributed by atoms with Crippen molar-refractivity contribution in [2.75, 3.05) is 18.5 Å². The smallest absolute Gasteiger partial charge is 0.235 e. The normalized spacial score (nSPS) is 17.0. The van der Waals surface area contributed by atoms with Gasteiger partial charge in [0.05, 0.1) is 17.3 Å². The van der Waals surface area contributed by atoms with E-state index in [4.69, 9.17) is 4.74 Å². The van der Waals surface area contributed by atoms with Gasteiger partial charge >= 0.3 is 0 Å². The van der Waals surface area contributed by atoms with Crippen molar-refractivity contribution in [3.63, 3.8) is 0 Å². The van der Waals surface area contributed by atoms with Crippen LogP contribution in [0.15, 0.2) is 36.7 Å². The maximum Gasteiger partial charge on any atom is 0.235 e. The van der Waals surface area contributed by atoms with Gasteiger partial charge in [-0.05, 0) is 32.3 Å². The average Bonchev–Trinajstić information content (AvgIpc) is 3.03.